The molecule has 4 aromatic rings. The Morgan fingerprint density at radius 1 is 1.06 bits per heavy atom. The monoisotopic (exact) mass is 464 g/mol. The summed E-state index contributed by atoms with van der Waals surface area (Å²) in [6.07, 6.45) is 1.58. The van der Waals surface area contributed by atoms with Gasteiger partial charge in [0, 0.05) is 24.8 Å². The zero-order valence-electron chi connectivity index (χ0n) is 18.9. The van der Waals surface area contributed by atoms with Gasteiger partial charge in [-0.2, -0.15) is 5.26 Å². The van der Waals surface area contributed by atoms with Gasteiger partial charge in [0.05, 0.1) is 38.5 Å². The standard InChI is InChI=1S/C28H24N4OS/c1-19(21-8-11-26-24(16-21)30-18-34-26)31-14-12-28(13-15-31)23-4-2-3-5-25(23)32(27(28)33)22-9-6-20(17-29)7-10-22/h2-11,16,18-19H,12-15H2,1H3/t19-/m0/s1. The molecule has 1 atom stereocenters. The number of benzene rings is 3. The molecule has 1 amide bonds. The van der Waals surface area contributed by atoms with E-state index in [4.69, 9.17) is 5.26 Å². The largest absolute Gasteiger partial charge is 0.297 e. The minimum atomic E-state index is -0.500. The summed E-state index contributed by atoms with van der Waals surface area (Å²) in [4.78, 5) is 22.8. The van der Waals surface area contributed by atoms with E-state index < -0.39 is 5.41 Å². The summed E-state index contributed by atoms with van der Waals surface area (Å²) in [6.45, 7) is 3.97. The molecule has 0 unspecified atom stereocenters. The first-order chi connectivity index (χ1) is 16.6. The Labute approximate surface area is 202 Å². The predicted molar refractivity (Wildman–Crippen MR) is 135 cm³/mol. The molecule has 1 aromatic heterocycles. The van der Waals surface area contributed by atoms with Gasteiger partial charge in [-0.25, -0.2) is 4.98 Å². The minimum Gasteiger partial charge on any atom is -0.297 e. The van der Waals surface area contributed by atoms with E-state index in [1.807, 2.05) is 40.7 Å². The van der Waals surface area contributed by atoms with Crippen LogP contribution in [-0.4, -0.2) is 28.9 Å². The van der Waals surface area contributed by atoms with Crippen LogP contribution in [-0.2, 0) is 10.2 Å². The Bertz CT molecular complexity index is 1430. The molecule has 0 saturated carbocycles. The van der Waals surface area contributed by atoms with Gasteiger partial charge in [-0.3, -0.25) is 14.6 Å². The Morgan fingerprint density at radius 2 is 1.82 bits per heavy atom. The Hall–Kier alpha value is -3.53. The molecule has 0 aliphatic carbocycles. The van der Waals surface area contributed by atoms with Crippen LogP contribution in [0, 0.1) is 11.3 Å². The molecule has 1 saturated heterocycles. The lowest BCUT2D eigenvalue weighted by molar-refractivity contribution is -0.124. The van der Waals surface area contributed by atoms with Crippen LogP contribution in [0.5, 0.6) is 0 Å². The van der Waals surface area contributed by atoms with Gasteiger partial charge in [-0.05, 0) is 73.4 Å². The van der Waals surface area contributed by atoms with Gasteiger partial charge in [0.15, 0.2) is 0 Å². The maximum atomic E-state index is 14.0. The molecule has 3 heterocycles. The summed E-state index contributed by atoms with van der Waals surface area (Å²) >= 11 is 1.67. The number of nitrogens with zero attached hydrogens (tertiary/aromatic N) is 4. The smallest absolute Gasteiger partial charge is 0.242 e. The van der Waals surface area contributed by atoms with Crippen LogP contribution >= 0.6 is 11.3 Å². The maximum absolute atomic E-state index is 14.0. The summed E-state index contributed by atoms with van der Waals surface area (Å²) in [5.41, 5.74) is 7.23. The predicted octanol–water partition coefficient (Wildman–Crippen LogP) is 5.94. The number of aromatic nitrogens is 1. The van der Waals surface area contributed by atoms with Crippen molar-refractivity contribution in [1.29, 1.82) is 5.26 Å². The normalized spacial score (nSPS) is 18.2. The minimum absolute atomic E-state index is 0.148. The number of fused-ring (bicyclic) bond motifs is 3. The number of rotatable bonds is 3. The van der Waals surface area contributed by atoms with E-state index in [2.05, 4.69) is 47.1 Å². The van der Waals surface area contributed by atoms with Crippen molar-refractivity contribution in [3.05, 3.63) is 88.9 Å². The van der Waals surface area contributed by atoms with Crippen LogP contribution in [0.25, 0.3) is 10.2 Å². The highest BCUT2D eigenvalue weighted by atomic mass is 32.1. The molecule has 0 N–H and O–H groups in total. The molecule has 34 heavy (non-hydrogen) atoms. The van der Waals surface area contributed by atoms with Crippen molar-refractivity contribution >= 4 is 38.8 Å². The first-order valence-corrected chi connectivity index (χ1v) is 12.5. The second kappa shape index (κ2) is 8.05. The third-order valence-electron chi connectivity index (χ3n) is 7.56. The summed E-state index contributed by atoms with van der Waals surface area (Å²) in [5, 5.41) is 9.16. The number of carbonyl (C=O) groups excluding carboxylic acids is 1. The van der Waals surface area contributed by atoms with E-state index >= 15 is 0 Å². The highest BCUT2D eigenvalue weighted by molar-refractivity contribution is 7.16. The van der Waals surface area contributed by atoms with E-state index in [9.17, 15) is 4.79 Å². The van der Waals surface area contributed by atoms with Gasteiger partial charge in [0.2, 0.25) is 5.91 Å². The Morgan fingerprint density at radius 3 is 2.59 bits per heavy atom. The van der Waals surface area contributed by atoms with Crippen LogP contribution < -0.4 is 4.90 Å². The summed E-state index contributed by atoms with van der Waals surface area (Å²) < 4.78 is 1.21. The van der Waals surface area contributed by atoms with Crippen molar-refractivity contribution < 1.29 is 4.79 Å². The first-order valence-electron chi connectivity index (χ1n) is 11.6. The van der Waals surface area contributed by atoms with Crippen LogP contribution in [0.15, 0.2) is 72.2 Å². The van der Waals surface area contributed by atoms with Gasteiger partial charge >= 0.3 is 0 Å². The number of nitriles is 1. The second-order valence-electron chi connectivity index (χ2n) is 9.19. The number of likely N-dealkylation sites (tertiary alicyclic amines) is 1. The lowest BCUT2D eigenvalue weighted by Gasteiger charge is -2.41. The number of amides is 1. The van der Waals surface area contributed by atoms with Crippen molar-refractivity contribution in [2.75, 3.05) is 18.0 Å². The Kier molecular flexibility index (Phi) is 4.98. The molecule has 1 spiro atoms. The third kappa shape index (κ3) is 3.16. The van der Waals surface area contributed by atoms with E-state index in [1.165, 1.54) is 10.3 Å². The van der Waals surface area contributed by atoms with E-state index in [-0.39, 0.29) is 11.9 Å². The topological polar surface area (TPSA) is 60.2 Å². The number of para-hydroxylation sites is 1. The maximum Gasteiger partial charge on any atom is 0.242 e. The molecular weight excluding hydrogens is 440 g/mol. The lowest BCUT2D eigenvalue weighted by atomic mass is 9.73. The SMILES string of the molecule is C[C@@H](c1ccc2scnc2c1)N1CCC2(CC1)C(=O)N(c1ccc(C#N)cc1)c1ccccc12. The quantitative estimate of drug-likeness (QED) is 0.376. The van der Waals surface area contributed by atoms with Crippen LogP contribution in [0.2, 0.25) is 0 Å². The fraction of sp³-hybridized carbons (Fsp3) is 0.250. The van der Waals surface area contributed by atoms with Crippen molar-refractivity contribution in [2.24, 2.45) is 0 Å². The molecule has 5 nitrogen and oxygen atoms in total. The van der Waals surface area contributed by atoms with Gasteiger partial charge < -0.3 is 0 Å². The molecule has 0 radical (unpaired) electrons. The second-order valence-corrected chi connectivity index (χ2v) is 10.1. The van der Waals surface area contributed by atoms with Crippen molar-refractivity contribution in [3.63, 3.8) is 0 Å². The molecule has 2 aliphatic heterocycles. The fourth-order valence-corrected chi connectivity index (χ4v) is 6.23. The first kappa shape index (κ1) is 21.0. The molecule has 0 bridgehead atoms. The van der Waals surface area contributed by atoms with Crippen LogP contribution in [0.4, 0.5) is 11.4 Å². The number of hydrogen-bond donors (Lipinski definition) is 0. The number of carbonyl (C=O) groups is 1. The van der Waals surface area contributed by atoms with Gasteiger partial charge in [0.25, 0.3) is 0 Å². The molecule has 168 valence electrons. The van der Waals surface area contributed by atoms with Gasteiger partial charge in [0.1, 0.15) is 0 Å². The number of hydrogen-bond acceptors (Lipinski definition) is 5. The van der Waals surface area contributed by atoms with Crippen LogP contribution in [0.1, 0.15) is 42.5 Å². The molecule has 2 aliphatic rings. The highest BCUT2D eigenvalue weighted by Gasteiger charge is 2.52. The highest BCUT2D eigenvalue weighted by Crippen LogP contribution is 2.51. The Balaban J connectivity index is 1.28. The lowest BCUT2D eigenvalue weighted by Crippen LogP contribution is -2.48. The number of piperidine rings is 1. The summed E-state index contributed by atoms with van der Waals surface area (Å²) in [6, 6.07) is 24.5. The zero-order chi connectivity index (χ0) is 23.3. The zero-order valence-corrected chi connectivity index (χ0v) is 19.8. The third-order valence-corrected chi connectivity index (χ3v) is 8.37. The number of anilines is 2. The van der Waals surface area contributed by atoms with E-state index in [0.717, 1.165) is 48.4 Å². The van der Waals surface area contributed by atoms with Crippen molar-refractivity contribution in [2.45, 2.75) is 31.2 Å². The average molecular weight is 465 g/mol. The summed E-state index contributed by atoms with van der Waals surface area (Å²) in [5.74, 6) is 0.148. The molecule has 6 heteroatoms. The summed E-state index contributed by atoms with van der Waals surface area (Å²) in [7, 11) is 0. The van der Waals surface area contributed by atoms with Gasteiger partial charge in [-0.15, -0.1) is 11.3 Å². The van der Waals surface area contributed by atoms with E-state index in [0.29, 0.717) is 5.56 Å². The molecule has 1 fully saturated rings. The number of thiazole rings is 1. The van der Waals surface area contributed by atoms with Crippen molar-refractivity contribution in [1.82, 2.24) is 9.88 Å². The van der Waals surface area contributed by atoms with Gasteiger partial charge in [-0.1, -0.05) is 24.3 Å². The molecular formula is C28H24N4OS. The molecule has 6 rings (SSSR count). The van der Waals surface area contributed by atoms with Crippen LogP contribution in [0.3, 0.4) is 0 Å². The van der Waals surface area contributed by atoms with E-state index in [1.54, 1.807) is 23.5 Å². The molecule has 3 aromatic carbocycles. The van der Waals surface area contributed by atoms with Crippen molar-refractivity contribution in [3.8, 4) is 6.07 Å². The average Bonchev–Trinajstić information content (AvgIpc) is 3.45. The fourth-order valence-electron chi connectivity index (χ4n) is 5.58.